The maximum absolute atomic E-state index is 13.6. The molecule has 226 valence electrons. The van der Waals surface area contributed by atoms with Crippen LogP contribution in [-0.4, -0.2) is 89.0 Å². The van der Waals surface area contributed by atoms with E-state index in [1.165, 1.54) is 25.0 Å². The summed E-state index contributed by atoms with van der Waals surface area (Å²) in [4.78, 5) is 79.3. The molecule has 0 saturated carbocycles. The minimum absolute atomic E-state index is 0.0266. The second kappa shape index (κ2) is 13.9. The number of hydrogen-bond acceptors (Lipinski definition) is 8. The lowest BCUT2D eigenvalue weighted by Gasteiger charge is -2.25. The van der Waals surface area contributed by atoms with E-state index < -0.39 is 60.2 Å². The van der Waals surface area contributed by atoms with E-state index in [0.29, 0.717) is 17.0 Å². The van der Waals surface area contributed by atoms with E-state index in [1.807, 2.05) is 24.3 Å². The fourth-order valence-electron chi connectivity index (χ4n) is 4.48. The molecular weight excluding hydrogens is 562 g/mol. The number of carbonyl (C=O) groups excluding carboxylic acids is 3. The van der Waals surface area contributed by atoms with Crippen LogP contribution in [0.1, 0.15) is 23.4 Å². The molecule has 0 fully saturated rings. The number of fused-ring (bicyclic) bond motifs is 1. The number of carboxylic acid groups (broad SMARTS) is 2. The first kappa shape index (κ1) is 30.4. The van der Waals surface area contributed by atoms with Crippen molar-refractivity contribution in [2.75, 3.05) is 0 Å². The Kier molecular flexibility index (Phi) is 9.85. The van der Waals surface area contributed by atoms with Crippen LogP contribution < -0.4 is 21.7 Å². The molecule has 0 saturated heterocycles. The highest BCUT2D eigenvalue weighted by atomic mass is 16.4. The second-order valence-corrected chi connectivity index (χ2v) is 9.85. The van der Waals surface area contributed by atoms with Crippen LogP contribution in [0.4, 0.5) is 0 Å². The minimum Gasteiger partial charge on any atom is -0.481 e. The summed E-state index contributed by atoms with van der Waals surface area (Å²) in [6.45, 7) is 0. The van der Waals surface area contributed by atoms with Crippen molar-refractivity contribution < 1.29 is 34.2 Å². The number of carbonyl (C=O) groups is 5. The number of aliphatic carboxylic acids is 2. The lowest BCUT2D eigenvalue weighted by Crippen LogP contribution is -2.58. The first-order chi connectivity index (χ1) is 20.6. The summed E-state index contributed by atoms with van der Waals surface area (Å²) in [5, 5.41) is 27.2. The summed E-state index contributed by atoms with van der Waals surface area (Å²) < 4.78 is 0. The molecule has 0 aliphatic heterocycles. The molecule has 0 aliphatic carbocycles. The molecule has 1 aromatic carbocycles. The van der Waals surface area contributed by atoms with Crippen LogP contribution >= 0.6 is 0 Å². The molecule has 4 atom stereocenters. The Morgan fingerprint density at radius 2 is 1.33 bits per heavy atom. The van der Waals surface area contributed by atoms with Crippen molar-refractivity contribution in [3.63, 3.8) is 0 Å². The summed E-state index contributed by atoms with van der Waals surface area (Å²) >= 11 is 0. The Morgan fingerprint density at radius 3 is 1.91 bits per heavy atom. The zero-order valence-corrected chi connectivity index (χ0v) is 22.7. The molecule has 0 radical (unpaired) electrons. The Balaban J connectivity index is 1.58. The fraction of sp³-hybridized carbons (Fsp3) is 0.296. The summed E-state index contributed by atoms with van der Waals surface area (Å²) in [6.07, 6.45) is 6.45. The molecule has 0 bridgehead atoms. The monoisotopic (exact) mass is 593 g/mol. The molecule has 4 aromatic rings. The van der Waals surface area contributed by atoms with E-state index in [4.69, 9.17) is 10.8 Å². The van der Waals surface area contributed by atoms with Gasteiger partial charge in [0.15, 0.2) is 0 Å². The topological polar surface area (TPSA) is 261 Å². The molecule has 16 heteroatoms. The summed E-state index contributed by atoms with van der Waals surface area (Å²) in [6, 6.07) is 1.99. The molecule has 10 N–H and O–H groups in total. The molecule has 3 heterocycles. The summed E-state index contributed by atoms with van der Waals surface area (Å²) in [5.41, 5.74) is 8.11. The zero-order valence-electron chi connectivity index (χ0n) is 22.7. The number of benzene rings is 1. The van der Waals surface area contributed by atoms with Gasteiger partial charge in [-0.05, 0) is 11.6 Å². The van der Waals surface area contributed by atoms with Gasteiger partial charge in [-0.1, -0.05) is 18.2 Å². The Hall–Kier alpha value is -5.51. The van der Waals surface area contributed by atoms with Gasteiger partial charge in [-0.15, -0.1) is 0 Å². The van der Waals surface area contributed by atoms with Crippen molar-refractivity contribution in [1.29, 1.82) is 0 Å². The average molecular weight is 594 g/mol. The van der Waals surface area contributed by atoms with Crippen molar-refractivity contribution >= 4 is 40.6 Å². The number of para-hydroxylation sites is 1. The predicted octanol–water partition coefficient (Wildman–Crippen LogP) is -1.02. The number of hydrogen-bond donors (Lipinski definition) is 9. The minimum atomic E-state index is -1.43. The summed E-state index contributed by atoms with van der Waals surface area (Å²) in [5.74, 6) is -5.04. The zero-order chi connectivity index (χ0) is 30.9. The van der Waals surface area contributed by atoms with Crippen molar-refractivity contribution in [2.45, 2.75) is 49.9 Å². The normalized spacial score (nSPS) is 13.9. The number of aromatic nitrogens is 5. The van der Waals surface area contributed by atoms with Crippen molar-refractivity contribution in [3.05, 3.63) is 72.5 Å². The molecule has 16 nitrogen and oxygen atoms in total. The number of imidazole rings is 2. The maximum atomic E-state index is 13.6. The number of amides is 3. The predicted molar refractivity (Wildman–Crippen MR) is 150 cm³/mol. The number of nitrogens with two attached hydrogens (primary N) is 1. The Bertz CT molecular complexity index is 1570. The van der Waals surface area contributed by atoms with E-state index in [9.17, 15) is 29.1 Å². The number of aromatic amines is 3. The van der Waals surface area contributed by atoms with E-state index in [-0.39, 0.29) is 19.3 Å². The third-order valence-corrected chi connectivity index (χ3v) is 6.67. The third-order valence-electron chi connectivity index (χ3n) is 6.67. The first-order valence-corrected chi connectivity index (χ1v) is 13.2. The van der Waals surface area contributed by atoms with Crippen molar-refractivity contribution in [2.24, 2.45) is 5.73 Å². The molecule has 43 heavy (non-hydrogen) atoms. The molecule has 4 rings (SSSR count). The quantitative estimate of drug-likeness (QED) is 0.0810. The maximum Gasteiger partial charge on any atom is 0.326 e. The van der Waals surface area contributed by atoms with Gasteiger partial charge in [0.2, 0.25) is 17.7 Å². The average Bonchev–Trinajstić information content (AvgIpc) is 3.75. The number of rotatable bonds is 15. The first-order valence-electron chi connectivity index (χ1n) is 13.2. The highest BCUT2D eigenvalue weighted by molar-refractivity contribution is 5.95. The van der Waals surface area contributed by atoms with E-state index >= 15 is 0 Å². The van der Waals surface area contributed by atoms with Crippen molar-refractivity contribution in [1.82, 2.24) is 40.9 Å². The smallest absolute Gasteiger partial charge is 0.326 e. The van der Waals surface area contributed by atoms with E-state index in [2.05, 4.69) is 40.9 Å². The molecule has 3 aromatic heterocycles. The van der Waals surface area contributed by atoms with Gasteiger partial charge in [0.1, 0.15) is 18.1 Å². The largest absolute Gasteiger partial charge is 0.481 e. The van der Waals surface area contributed by atoms with Gasteiger partial charge >= 0.3 is 11.9 Å². The van der Waals surface area contributed by atoms with Gasteiger partial charge in [-0.2, -0.15) is 0 Å². The van der Waals surface area contributed by atoms with Crippen LogP contribution in [0.2, 0.25) is 0 Å². The molecule has 4 unspecified atom stereocenters. The third kappa shape index (κ3) is 8.26. The highest BCUT2D eigenvalue weighted by Gasteiger charge is 2.32. The lowest BCUT2D eigenvalue weighted by molar-refractivity contribution is -0.142. The van der Waals surface area contributed by atoms with Crippen LogP contribution in [0, 0.1) is 0 Å². The molecular formula is C27H31N9O7. The molecule has 0 spiro atoms. The van der Waals surface area contributed by atoms with Crippen molar-refractivity contribution in [3.8, 4) is 0 Å². The van der Waals surface area contributed by atoms with Gasteiger partial charge < -0.3 is 46.8 Å². The van der Waals surface area contributed by atoms with Crippen LogP contribution in [0.3, 0.4) is 0 Å². The lowest BCUT2D eigenvalue weighted by atomic mass is 10.0. The van der Waals surface area contributed by atoms with Crippen LogP contribution in [-0.2, 0) is 43.2 Å². The fourth-order valence-corrected chi connectivity index (χ4v) is 4.48. The molecule has 0 aliphatic rings. The second-order valence-electron chi connectivity index (χ2n) is 9.85. The van der Waals surface area contributed by atoms with Gasteiger partial charge in [0.25, 0.3) is 0 Å². The van der Waals surface area contributed by atoms with Gasteiger partial charge in [-0.25, -0.2) is 14.8 Å². The van der Waals surface area contributed by atoms with Gasteiger partial charge in [-0.3, -0.25) is 19.2 Å². The standard InChI is InChI=1S/C27H31N9O7/c28-18(8-23(37)38)24(39)34-21(6-15-10-29-12-32-15)26(41)35-20(5-14-9-31-19-4-2-1-3-17(14)19)25(40)36-22(27(42)43)7-16-11-30-13-33-16/h1-4,9-13,18,20-22,31H,5-8,28H2,(H,29,32)(H,30,33)(H,34,39)(H,35,41)(H,36,40)(H,37,38)(H,42,43). The van der Waals surface area contributed by atoms with Gasteiger partial charge in [0.05, 0.1) is 25.1 Å². The van der Waals surface area contributed by atoms with Crippen LogP contribution in [0.15, 0.2) is 55.5 Å². The van der Waals surface area contributed by atoms with Crippen LogP contribution in [0.5, 0.6) is 0 Å². The number of nitrogens with one attached hydrogen (secondary N) is 6. The van der Waals surface area contributed by atoms with Gasteiger partial charge in [0, 0.05) is 60.1 Å². The van der Waals surface area contributed by atoms with E-state index in [0.717, 1.165) is 10.9 Å². The number of carboxylic acids is 2. The number of H-pyrrole nitrogens is 3. The Morgan fingerprint density at radius 1 is 0.767 bits per heavy atom. The SMILES string of the molecule is NC(CC(=O)O)C(=O)NC(Cc1cnc[nH]1)C(=O)NC(Cc1c[nH]c2ccccc12)C(=O)NC(Cc1cnc[nH]1)C(=O)O. The Labute approximate surface area is 243 Å². The summed E-state index contributed by atoms with van der Waals surface area (Å²) in [7, 11) is 0. The highest BCUT2D eigenvalue weighted by Crippen LogP contribution is 2.19. The van der Waals surface area contributed by atoms with Crippen LogP contribution in [0.25, 0.3) is 10.9 Å². The van der Waals surface area contributed by atoms with E-state index in [1.54, 1.807) is 6.20 Å². The number of nitrogens with zero attached hydrogens (tertiary/aromatic N) is 2. The molecule has 3 amide bonds.